The molecule has 0 saturated carbocycles. The van der Waals surface area contributed by atoms with Crippen molar-refractivity contribution in [2.75, 3.05) is 7.05 Å². The summed E-state index contributed by atoms with van der Waals surface area (Å²) in [5.74, 6) is 0.630. The van der Waals surface area contributed by atoms with Gasteiger partial charge in [-0.2, -0.15) is 0 Å². The second kappa shape index (κ2) is 7.53. The average Bonchev–Trinajstić information content (AvgIpc) is 2.46. The predicted octanol–water partition coefficient (Wildman–Crippen LogP) is 2.42. The zero-order valence-electron chi connectivity index (χ0n) is 12.4. The highest BCUT2D eigenvalue weighted by molar-refractivity contribution is 5.96. The van der Waals surface area contributed by atoms with Gasteiger partial charge in [0.25, 0.3) is 5.91 Å². The Morgan fingerprint density at radius 3 is 2.30 bits per heavy atom. The van der Waals surface area contributed by atoms with Crippen LogP contribution in [0.2, 0.25) is 0 Å². The minimum absolute atomic E-state index is 0.477. The maximum Gasteiger partial charge on any atom is 0.321 e. The monoisotopic (exact) mass is 278 g/mol. The lowest BCUT2D eigenvalue weighted by Gasteiger charge is -2.15. The van der Waals surface area contributed by atoms with E-state index in [1.807, 2.05) is 24.3 Å². The maximum absolute atomic E-state index is 11.6. The number of ether oxygens (including phenoxy) is 1. The number of urea groups is 1. The van der Waals surface area contributed by atoms with Crippen LogP contribution in [-0.4, -0.2) is 25.1 Å². The van der Waals surface area contributed by atoms with Gasteiger partial charge < -0.3 is 10.1 Å². The van der Waals surface area contributed by atoms with Gasteiger partial charge in [0.2, 0.25) is 0 Å². The Kier molecular flexibility index (Phi) is 6.03. The van der Waals surface area contributed by atoms with Gasteiger partial charge in [-0.15, -0.1) is 0 Å². The van der Waals surface area contributed by atoms with E-state index < -0.39 is 18.0 Å². The molecule has 0 aliphatic carbocycles. The van der Waals surface area contributed by atoms with Crippen LogP contribution in [0.25, 0.3) is 0 Å². The molecular weight excluding hydrogens is 256 g/mol. The Hall–Kier alpha value is -2.04. The van der Waals surface area contributed by atoms with Crippen LogP contribution in [0.1, 0.15) is 38.7 Å². The van der Waals surface area contributed by atoms with E-state index in [4.69, 9.17) is 4.74 Å². The molecule has 3 amide bonds. The Labute approximate surface area is 119 Å². The van der Waals surface area contributed by atoms with E-state index in [0.717, 1.165) is 6.42 Å². The van der Waals surface area contributed by atoms with Crippen LogP contribution in [-0.2, 0) is 4.79 Å². The van der Waals surface area contributed by atoms with Gasteiger partial charge in [0.05, 0.1) is 0 Å². The van der Waals surface area contributed by atoms with Gasteiger partial charge in [-0.1, -0.05) is 26.0 Å². The lowest BCUT2D eigenvalue weighted by Crippen LogP contribution is -2.43. The Morgan fingerprint density at radius 1 is 1.20 bits per heavy atom. The first kappa shape index (κ1) is 16.0. The molecular formula is C15H22N2O3. The molecule has 2 unspecified atom stereocenters. The fraction of sp³-hybridized carbons (Fsp3) is 0.467. The number of carbonyl (C=O) groups excluding carboxylic acids is 2. The third-order valence-electron chi connectivity index (χ3n) is 3.21. The van der Waals surface area contributed by atoms with E-state index in [2.05, 4.69) is 24.5 Å². The molecule has 5 heteroatoms. The molecule has 0 saturated heterocycles. The number of carbonyl (C=O) groups is 2. The van der Waals surface area contributed by atoms with Crippen molar-refractivity contribution in [3.05, 3.63) is 29.8 Å². The molecule has 2 atom stereocenters. The molecule has 1 aromatic rings. The minimum Gasteiger partial charge on any atom is -0.481 e. The fourth-order valence-corrected chi connectivity index (χ4v) is 1.64. The molecule has 0 spiro atoms. The van der Waals surface area contributed by atoms with Crippen LogP contribution >= 0.6 is 0 Å². The number of hydrogen-bond acceptors (Lipinski definition) is 3. The maximum atomic E-state index is 11.6. The summed E-state index contributed by atoms with van der Waals surface area (Å²) in [5, 5.41) is 4.49. The van der Waals surface area contributed by atoms with E-state index in [0.29, 0.717) is 11.7 Å². The Balaban J connectivity index is 2.59. The van der Waals surface area contributed by atoms with E-state index in [1.54, 1.807) is 6.92 Å². The van der Waals surface area contributed by atoms with Crippen LogP contribution < -0.4 is 15.4 Å². The SMILES string of the molecule is CCC(C)c1ccc(OC(C)C(=O)NC(=O)NC)cc1. The molecule has 110 valence electrons. The van der Waals surface area contributed by atoms with E-state index in [9.17, 15) is 9.59 Å². The molecule has 2 N–H and O–H groups in total. The van der Waals surface area contributed by atoms with Crippen LogP contribution in [0, 0.1) is 0 Å². The Bertz CT molecular complexity index is 457. The third-order valence-corrected chi connectivity index (χ3v) is 3.21. The molecule has 20 heavy (non-hydrogen) atoms. The highest BCUT2D eigenvalue weighted by Gasteiger charge is 2.16. The van der Waals surface area contributed by atoms with Crippen LogP contribution in [0.3, 0.4) is 0 Å². The van der Waals surface area contributed by atoms with Crippen LogP contribution in [0.5, 0.6) is 5.75 Å². The van der Waals surface area contributed by atoms with Gasteiger partial charge in [0.15, 0.2) is 6.10 Å². The van der Waals surface area contributed by atoms with E-state index in [1.165, 1.54) is 12.6 Å². The summed E-state index contributed by atoms with van der Waals surface area (Å²) in [5.41, 5.74) is 1.24. The molecule has 5 nitrogen and oxygen atoms in total. The van der Waals surface area contributed by atoms with Crippen LogP contribution in [0.4, 0.5) is 4.79 Å². The number of hydrogen-bond donors (Lipinski definition) is 2. The van der Waals surface area contributed by atoms with E-state index in [-0.39, 0.29) is 0 Å². The summed E-state index contributed by atoms with van der Waals surface area (Å²) in [6, 6.07) is 7.12. The van der Waals surface area contributed by atoms with E-state index >= 15 is 0 Å². The summed E-state index contributed by atoms with van der Waals surface area (Å²) in [6.07, 6.45) is 0.340. The zero-order valence-corrected chi connectivity index (χ0v) is 12.4. The van der Waals surface area contributed by atoms with Crippen molar-refractivity contribution in [2.24, 2.45) is 0 Å². The highest BCUT2D eigenvalue weighted by atomic mass is 16.5. The predicted molar refractivity (Wildman–Crippen MR) is 77.8 cm³/mol. The summed E-state index contributed by atoms with van der Waals surface area (Å²) >= 11 is 0. The van der Waals surface area contributed by atoms with Crippen LogP contribution in [0.15, 0.2) is 24.3 Å². The number of imide groups is 1. The normalized spacial score (nSPS) is 13.2. The van der Waals surface area contributed by atoms with Gasteiger partial charge >= 0.3 is 6.03 Å². The van der Waals surface area contributed by atoms with Gasteiger partial charge in [-0.25, -0.2) is 4.79 Å². The molecule has 0 aliphatic rings. The molecule has 1 rings (SSSR count). The summed E-state index contributed by atoms with van der Waals surface area (Å²) < 4.78 is 5.50. The number of amides is 3. The molecule has 1 aromatic carbocycles. The number of nitrogens with one attached hydrogen (secondary N) is 2. The van der Waals surface area contributed by atoms with Crippen molar-refractivity contribution in [3.8, 4) is 5.75 Å². The van der Waals surface area contributed by atoms with Crippen molar-refractivity contribution < 1.29 is 14.3 Å². The number of benzene rings is 1. The first-order valence-corrected chi connectivity index (χ1v) is 6.77. The zero-order chi connectivity index (χ0) is 15.1. The Morgan fingerprint density at radius 2 is 1.80 bits per heavy atom. The van der Waals surface area contributed by atoms with Crippen molar-refractivity contribution in [2.45, 2.75) is 39.2 Å². The lowest BCUT2D eigenvalue weighted by molar-refractivity contribution is -0.126. The molecule has 0 heterocycles. The third kappa shape index (κ3) is 4.57. The van der Waals surface area contributed by atoms with Gasteiger partial charge in [-0.05, 0) is 37.0 Å². The smallest absolute Gasteiger partial charge is 0.321 e. The lowest BCUT2D eigenvalue weighted by atomic mass is 9.99. The topological polar surface area (TPSA) is 67.4 Å². The van der Waals surface area contributed by atoms with Gasteiger partial charge in [0, 0.05) is 7.05 Å². The minimum atomic E-state index is -0.734. The quantitative estimate of drug-likeness (QED) is 0.869. The van der Waals surface area contributed by atoms with Gasteiger partial charge in [-0.3, -0.25) is 10.1 Å². The van der Waals surface area contributed by atoms with Crippen molar-refractivity contribution in [1.82, 2.24) is 10.6 Å². The molecule has 0 aliphatic heterocycles. The standard InChI is InChI=1S/C15H22N2O3/c1-5-10(2)12-6-8-13(9-7-12)20-11(3)14(18)17-15(19)16-4/h6-11H,5H2,1-4H3,(H2,16,17,18,19). The molecule has 0 bridgehead atoms. The summed E-state index contributed by atoms with van der Waals surface area (Å²) in [4.78, 5) is 22.7. The number of rotatable bonds is 5. The molecule has 0 radical (unpaired) electrons. The van der Waals surface area contributed by atoms with Gasteiger partial charge in [0.1, 0.15) is 5.75 Å². The average molecular weight is 278 g/mol. The summed E-state index contributed by atoms with van der Waals surface area (Å²) in [6.45, 7) is 5.90. The van der Waals surface area contributed by atoms with Crippen molar-refractivity contribution in [3.63, 3.8) is 0 Å². The first-order chi connectivity index (χ1) is 9.47. The second-order valence-electron chi connectivity index (χ2n) is 4.71. The first-order valence-electron chi connectivity index (χ1n) is 6.77. The molecule has 0 aromatic heterocycles. The van der Waals surface area contributed by atoms with Crippen molar-refractivity contribution >= 4 is 11.9 Å². The fourth-order valence-electron chi connectivity index (χ4n) is 1.64. The highest BCUT2D eigenvalue weighted by Crippen LogP contribution is 2.22. The largest absolute Gasteiger partial charge is 0.481 e. The van der Waals surface area contributed by atoms with Crippen molar-refractivity contribution in [1.29, 1.82) is 0 Å². The molecule has 0 fully saturated rings. The second-order valence-corrected chi connectivity index (χ2v) is 4.71. The summed E-state index contributed by atoms with van der Waals surface area (Å²) in [7, 11) is 1.45.